The third-order valence-corrected chi connectivity index (χ3v) is 3.20. The zero-order valence-corrected chi connectivity index (χ0v) is 11.3. The van der Waals surface area contributed by atoms with Gasteiger partial charge in [0.05, 0.1) is 17.9 Å². The van der Waals surface area contributed by atoms with Crippen LogP contribution in [0.5, 0.6) is 0 Å². The fourth-order valence-corrected chi connectivity index (χ4v) is 2.04. The minimum Gasteiger partial charge on any atom is -0.329 e. The van der Waals surface area contributed by atoms with Crippen LogP contribution in [0.2, 0.25) is 0 Å². The molecule has 2 heterocycles. The van der Waals surface area contributed by atoms with Gasteiger partial charge >= 0.3 is 0 Å². The summed E-state index contributed by atoms with van der Waals surface area (Å²) in [4.78, 5) is 4.39. The molecule has 0 saturated carbocycles. The van der Waals surface area contributed by atoms with Crippen LogP contribution in [0.15, 0.2) is 18.5 Å². The standard InChI is InChI=1S/C13H21N5/c1-4-11(14)8-13-15-5-6-18(13)9-12-7-10(2)16-17(12)3/h5-7,11H,4,8-9,14H2,1-3H3. The van der Waals surface area contributed by atoms with Gasteiger partial charge in [0.1, 0.15) is 5.82 Å². The van der Waals surface area contributed by atoms with Crippen LogP contribution in [0.3, 0.4) is 0 Å². The Bertz CT molecular complexity index is 511. The van der Waals surface area contributed by atoms with Gasteiger partial charge in [0, 0.05) is 31.9 Å². The molecule has 0 bridgehead atoms. The molecule has 0 aromatic carbocycles. The average Bonchev–Trinajstić information content (AvgIpc) is 2.87. The van der Waals surface area contributed by atoms with E-state index in [9.17, 15) is 0 Å². The van der Waals surface area contributed by atoms with Gasteiger partial charge in [-0.2, -0.15) is 5.10 Å². The molecule has 0 amide bonds. The molecular weight excluding hydrogens is 226 g/mol. The van der Waals surface area contributed by atoms with Crippen molar-refractivity contribution in [3.05, 3.63) is 35.7 Å². The highest BCUT2D eigenvalue weighted by atomic mass is 15.3. The van der Waals surface area contributed by atoms with E-state index in [1.54, 1.807) is 0 Å². The fourth-order valence-electron chi connectivity index (χ4n) is 2.04. The molecule has 0 spiro atoms. The van der Waals surface area contributed by atoms with Gasteiger partial charge in [-0.25, -0.2) is 4.98 Å². The van der Waals surface area contributed by atoms with Crippen molar-refractivity contribution < 1.29 is 0 Å². The molecule has 1 unspecified atom stereocenters. The number of aromatic nitrogens is 4. The average molecular weight is 247 g/mol. The molecule has 0 fully saturated rings. The predicted octanol–water partition coefficient (Wildman–Crippen LogP) is 1.25. The normalized spacial score (nSPS) is 12.9. The summed E-state index contributed by atoms with van der Waals surface area (Å²) in [6.07, 6.45) is 5.62. The second-order valence-electron chi connectivity index (χ2n) is 4.74. The van der Waals surface area contributed by atoms with Crippen molar-refractivity contribution >= 4 is 0 Å². The summed E-state index contributed by atoms with van der Waals surface area (Å²) in [5.41, 5.74) is 8.21. The number of aryl methyl sites for hydroxylation is 2. The quantitative estimate of drug-likeness (QED) is 0.865. The monoisotopic (exact) mass is 247 g/mol. The van der Waals surface area contributed by atoms with Crippen LogP contribution in [-0.2, 0) is 20.0 Å². The smallest absolute Gasteiger partial charge is 0.110 e. The molecule has 2 aromatic heterocycles. The first-order valence-corrected chi connectivity index (χ1v) is 6.35. The van der Waals surface area contributed by atoms with Gasteiger partial charge in [-0.15, -0.1) is 0 Å². The lowest BCUT2D eigenvalue weighted by atomic mass is 10.1. The van der Waals surface area contributed by atoms with Crippen molar-refractivity contribution in [3.63, 3.8) is 0 Å². The number of nitrogens with zero attached hydrogens (tertiary/aromatic N) is 4. The van der Waals surface area contributed by atoms with Crippen molar-refractivity contribution in [2.24, 2.45) is 12.8 Å². The molecule has 5 nitrogen and oxygen atoms in total. The van der Waals surface area contributed by atoms with Crippen molar-refractivity contribution in [1.82, 2.24) is 19.3 Å². The predicted molar refractivity (Wildman–Crippen MR) is 71.2 cm³/mol. The Labute approximate surface area is 108 Å². The highest BCUT2D eigenvalue weighted by Gasteiger charge is 2.10. The molecule has 98 valence electrons. The molecule has 5 heteroatoms. The van der Waals surface area contributed by atoms with E-state index in [1.165, 1.54) is 5.69 Å². The SMILES string of the molecule is CCC(N)Cc1nccn1Cc1cc(C)nn1C. The van der Waals surface area contributed by atoms with Crippen molar-refractivity contribution in [2.75, 3.05) is 0 Å². The largest absolute Gasteiger partial charge is 0.329 e. The minimum absolute atomic E-state index is 0.180. The first-order valence-electron chi connectivity index (χ1n) is 6.35. The first kappa shape index (κ1) is 12.8. The third kappa shape index (κ3) is 2.79. The van der Waals surface area contributed by atoms with Crippen LogP contribution in [0.25, 0.3) is 0 Å². The Morgan fingerprint density at radius 1 is 1.44 bits per heavy atom. The van der Waals surface area contributed by atoms with E-state index in [2.05, 4.69) is 27.6 Å². The van der Waals surface area contributed by atoms with E-state index < -0.39 is 0 Å². The molecule has 0 radical (unpaired) electrons. The van der Waals surface area contributed by atoms with Gasteiger partial charge in [0.2, 0.25) is 0 Å². The zero-order chi connectivity index (χ0) is 13.1. The Morgan fingerprint density at radius 3 is 2.83 bits per heavy atom. The van der Waals surface area contributed by atoms with Gasteiger partial charge in [-0.1, -0.05) is 6.92 Å². The molecule has 1 atom stereocenters. The van der Waals surface area contributed by atoms with Crippen LogP contribution in [0.1, 0.15) is 30.6 Å². The van der Waals surface area contributed by atoms with Crippen LogP contribution in [0.4, 0.5) is 0 Å². The first-order chi connectivity index (χ1) is 8.60. The van der Waals surface area contributed by atoms with E-state index in [4.69, 9.17) is 5.73 Å². The highest BCUT2D eigenvalue weighted by Crippen LogP contribution is 2.08. The Morgan fingerprint density at radius 2 is 2.22 bits per heavy atom. The molecule has 2 N–H and O–H groups in total. The molecule has 0 aliphatic carbocycles. The maximum absolute atomic E-state index is 5.99. The molecule has 2 aromatic rings. The topological polar surface area (TPSA) is 61.7 Å². The summed E-state index contributed by atoms with van der Waals surface area (Å²) < 4.78 is 4.06. The summed E-state index contributed by atoms with van der Waals surface area (Å²) in [6, 6.07) is 2.28. The Kier molecular flexibility index (Phi) is 3.81. The van der Waals surface area contributed by atoms with E-state index in [0.717, 1.165) is 30.9 Å². The number of hydrogen-bond acceptors (Lipinski definition) is 3. The van der Waals surface area contributed by atoms with E-state index >= 15 is 0 Å². The molecule has 2 rings (SSSR count). The maximum Gasteiger partial charge on any atom is 0.110 e. The Balaban J connectivity index is 2.14. The number of imidazole rings is 1. The maximum atomic E-state index is 5.99. The van der Waals surface area contributed by atoms with Crippen LogP contribution in [0, 0.1) is 6.92 Å². The lowest BCUT2D eigenvalue weighted by Gasteiger charge is -2.11. The summed E-state index contributed by atoms with van der Waals surface area (Å²) >= 11 is 0. The summed E-state index contributed by atoms with van der Waals surface area (Å²) in [7, 11) is 1.97. The van der Waals surface area contributed by atoms with Gasteiger partial charge in [0.15, 0.2) is 0 Å². The number of rotatable bonds is 5. The van der Waals surface area contributed by atoms with Gasteiger partial charge in [0.25, 0.3) is 0 Å². The second-order valence-corrected chi connectivity index (χ2v) is 4.74. The molecule has 0 saturated heterocycles. The lowest BCUT2D eigenvalue weighted by Crippen LogP contribution is -2.23. The van der Waals surface area contributed by atoms with Crippen LogP contribution < -0.4 is 5.73 Å². The Hall–Kier alpha value is -1.62. The molecule has 0 aliphatic heterocycles. The fraction of sp³-hybridized carbons (Fsp3) is 0.538. The highest BCUT2D eigenvalue weighted by molar-refractivity contribution is 5.10. The van der Waals surface area contributed by atoms with E-state index in [-0.39, 0.29) is 6.04 Å². The summed E-state index contributed by atoms with van der Waals surface area (Å²) in [5.74, 6) is 1.04. The summed E-state index contributed by atoms with van der Waals surface area (Å²) in [6.45, 7) is 4.90. The minimum atomic E-state index is 0.180. The number of hydrogen-bond donors (Lipinski definition) is 1. The van der Waals surface area contributed by atoms with Crippen LogP contribution >= 0.6 is 0 Å². The van der Waals surface area contributed by atoms with Gasteiger partial charge < -0.3 is 10.3 Å². The number of nitrogens with two attached hydrogens (primary N) is 1. The van der Waals surface area contributed by atoms with Crippen molar-refractivity contribution in [3.8, 4) is 0 Å². The van der Waals surface area contributed by atoms with E-state index in [0.29, 0.717) is 0 Å². The lowest BCUT2D eigenvalue weighted by molar-refractivity contribution is 0.584. The summed E-state index contributed by atoms with van der Waals surface area (Å²) in [5, 5.41) is 4.36. The molecule has 18 heavy (non-hydrogen) atoms. The third-order valence-electron chi connectivity index (χ3n) is 3.20. The molecular formula is C13H21N5. The zero-order valence-electron chi connectivity index (χ0n) is 11.3. The van der Waals surface area contributed by atoms with Crippen LogP contribution in [-0.4, -0.2) is 25.4 Å². The van der Waals surface area contributed by atoms with E-state index in [1.807, 2.05) is 31.0 Å². The molecule has 0 aliphatic rings. The van der Waals surface area contributed by atoms with Crippen molar-refractivity contribution in [1.29, 1.82) is 0 Å². The van der Waals surface area contributed by atoms with Gasteiger partial charge in [-0.3, -0.25) is 4.68 Å². The van der Waals surface area contributed by atoms with Gasteiger partial charge in [-0.05, 0) is 19.4 Å². The van der Waals surface area contributed by atoms with Crippen molar-refractivity contribution in [2.45, 2.75) is 39.3 Å². The second kappa shape index (κ2) is 5.35.